The average Bonchev–Trinajstić information content (AvgIpc) is 3.35. The van der Waals surface area contributed by atoms with Crippen molar-refractivity contribution in [3.8, 4) is 0 Å². The molecular formula is C22H32N6OS. The number of hydrogen-bond donors (Lipinski definition) is 1. The zero-order valence-electron chi connectivity index (χ0n) is 17.7. The van der Waals surface area contributed by atoms with Gasteiger partial charge >= 0.3 is 0 Å². The van der Waals surface area contributed by atoms with Crippen molar-refractivity contribution in [1.29, 1.82) is 0 Å². The Bertz CT molecular complexity index is 770. The van der Waals surface area contributed by atoms with Crippen LogP contribution in [-0.2, 0) is 4.74 Å². The van der Waals surface area contributed by atoms with E-state index in [9.17, 15) is 0 Å². The molecule has 0 amide bonds. The molecule has 0 bridgehead atoms. The van der Waals surface area contributed by atoms with Crippen LogP contribution in [0, 0.1) is 0 Å². The van der Waals surface area contributed by atoms with E-state index in [2.05, 4.69) is 61.6 Å². The summed E-state index contributed by atoms with van der Waals surface area (Å²) in [6.45, 7) is 11.1. The number of guanidine groups is 1. The summed E-state index contributed by atoms with van der Waals surface area (Å²) in [5.41, 5.74) is 0. The van der Waals surface area contributed by atoms with Gasteiger partial charge < -0.3 is 19.9 Å². The quantitative estimate of drug-likeness (QED) is 0.563. The number of nitrogens with one attached hydrogen (secondary N) is 1. The summed E-state index contributed by atoms with van der Waals surface area (Å²) in [7, 11) is 0. The van der Waals surface area contributed by atoms with Crippen molar-refractivity contribution in [1.82, 2.24) is 20.1 Å². The first kappa shape index (κ1) is 21.1. The second-order valence-electron chi connectivity index (χ2n) is 7.54. The normalized spacial score (nSPS) is 19.7. The third kappa shape index (κ3) is 5.30. The lowest BCUT2D eigenvalue weighted by Gasteiger charge is -2.37. The molecule has 0 spiro atoms. The molecule has 4 rings (SSSR count). The molecule has 1 atom stereocenters. The lowest BCUT2D eigenvalue weighted by Crippen LogP contribution is -2.53. The van der Waals surface area contributed by atoms with Crippen molar-refractivity contribution < 1.29 is 4.74 Å². The molecule has 1 unspecified atom stereocenters. The third-order valence-corrected chi connectivity index (χ3v) is 6.63. The van der Waals surface area contributed by atoms with Crippen LogP contribution in [0.4, 0.5) is 5.82 Å². The Morgan fingerprint density at radius 1 is 1.13 bits per heavy atom. The fraction of sp³-hybridized carbons (Fsp3) is 0.545. The van der Waals surface area contributed by atoms with Crippen molar-refractivity contribution in [2.24, 2.45) is 4.99 Å². The van der Waals surface area contributed by atoms with E-state index in [0.29, 0.717) is 6.04 Å². The van der Waals surface area contributed by atoms with Crippen molar-refractivity contribution in [2.45, 2.75) is 13.0 Å². The summed E-state index contributed by atoms with van der Waals surface area (Å²) < 4.78 is 5.57. The fourth-order valence-electron chi connectivity index (χ4n) is 4.04. The number of piperazine rings is 1. The smallest absolute Gasteiger partial charge is 0.194 e. The molecule has 0 saturated carbocycles. The van der Waals surface area contributed by atoms with Crippen LogP contribution in [0.25, 0.3) is 0 Å². The number of anilines is 1. The van der Waals surface area contributed by atoms with Gasteiger partial charge in [0.25, 0.3) is 0 Å². The number of rotatable bonds is 6. The van der Waals surface area contributed by atoms with E-state index in [4.69, 9.17) is 9.73 Å². The molecule has 2 aromatic heterocycles. The molecule has 2 saturated heterocycles. The molecule has 7 nitrogen and oxygen atoms in total. The number of pyridine rings is 1. The van der Waals surface area contributed by atoms with E-state index in [1.165, 1.54) is 4.88 Å². The molecule has 0 aliphatic carbocycles. The van der Waals surface area contributed by atoms with E-state index in [1.807, 2.05) is 23.6 Å². The summed E-state index contributed by atoms with van der Waals surface area (Å²) in [5, 5.41) is 5.67. The Kier molecular flexibility index (Phi) is 7.55. The minimum absolute atomic E-state index is 0.317. The van der Waals surface area contributed by atoms with Crippen LogP contribution in [0.3, 0.4) is 0 Å². The number of morpholine rings is 1. The van der Waals surface area contributed by atoms with Crippen LogP contribution < -0.4 is 10.2 Å². The van der Waals surface area contributed by atoms with Gasteiger partial charge in [-0.05, 0) is 30.5 Å². The molecule has 8 heteroatoms. The lowest BCUT2D eigenvalue weighted by atomic mass is 10.2. The molecule has 2 aliphatic heterocycles. The Morgan fingerprint density at radius 2 is 1.97 bits per heavy atom. The first-order chi connectivity index (χ1) is 14.8. The molecule has 0 aromatic carbocycles. The molecule has 162 valence electrons. The number of nitrogens with zero attached hydrogens (tertiary/aromatic N) is 5. The Balaban J connectivity index is 1.42. The van der Waals surface area contributed by atoms with Crippen LogP contribution in [0.5, 0.6) is 0 Å². The monoisotopic (exact) mass is 428 g/mol. The van der Waals surface area contributed by atoms with E-state index < -0.39 is 0 Å². The number of hydrogen-bond acceptors (Lipinski definition) is 6. The van der Waals surface area contributed by atoms with Crippen LogP contribution in [-0.4, -0.2) is 86.3 Å². The first-order valence-electron chi connectivity index (χ1n) is 10.9. The SMILES string of the molecule is CCNC(=NCC(c1cccs1)N1CCOCC1)N1CCN(c2ccccn2)CC1. The van der Waals surface area contributed by atoms with Crippen molar-refractivity contribution in [2.75, 3.05) is 70.5 Å². The Morgan fingerprint density at radius 3 is 2.63 bits per heavy atom. The highest BCUT2D eigenvalue weighted by Gasteiger charge is 2.25. The number of aromatic nitrogens is 1. The van der Waals surface area contributed by atoms with Gasteiger partial charge in [-0.3, -0.25) is 9.89 Å². The van der Waals surface area contributed by atoms with Gasteiger partial charge in [-0.1, -0.05) is 12.1 Å². The van der Waals surface area contributed by atoms with E-state index in [0.717, 1.165) is 77.3 Å². The number of aliphatic imine (C=N–C) groups is 1. The van der Waals surface area contributed by atoms with E-state index >= 15 is 0 Å². The van der Waals surface area contributed by atoms with Crippen LogP contribution in [0.15, 0.2) is 46.9 Å². The van der Waals surface area contributed by atoms with Gasteiger partial charge in [-0.2, -0.15) is 0 Å². The predicted molar refractivity (Wildman–Crippen MR) is 123 cm³/mol. The second-order valence-corrected chi connectivity index (χ2v) is 8.52. The molecule has 1 N–H and O–H groups in total. The average molecular weight is 429 g/mol. The van der Waals surface area contributed by atoms with Gasteiger partial charge in [0.05, 0.1) is 25.8 Å². The second kappa shape index (κ2) is 10.7. The Hall–Kier alpha value is -2.16. The minimum Gasteiger partial charge on any atom is -0.379 e. The van der Waals surface area contributed by atoms with Crippen molar-refractivity contribution in [3.05, 3.63) is 46.8 Å². The van der Waals surface area contributed by atoms with Gasteiger partial charge in [-0.25, -0.2) is 4.98 Å². The third-order valence-electron chi connectivity index (χ3n) is 5.66. The summed E-state index contributed by atoms with van der Waals surface area (Å²) in [6, 6.07) is 10.8. The van der Waals surface area contributed by atoms with Crippen molar-refractivity contribution in [3.63, 3.8) is 0 Å². The van der Waals surface area contributed by atoms with Crippen LogP contribution in [0.2, 0.25) is 0 Å². The standard InChI is InChI=1S/C22H32N6OS/c1-2-23-22(28-11-9-27(10-12-28)21-7-3-4-8-24-21)25-18-19(20-6-5-17-30-20)26-13-15-29-16-14-26/h3-8,17,19H,2,9-16,18H2,1H3,(H,23,25). The molecule has 0 radical (unpaired) electrons. The minimum atomic E-state index is 0.317. The van der Waals surface area contributed by atoms with E-state index in [1.54, 1.807) is 0 Å². The zero-order valence-corrected chi connectivity index (χ0v) is 18.6. The van der Waals surface area contributed by atoms with Gasteiger partial charge in [0.1, 0.15) is 5.82 Å². The maximum absolute atomic E-state index is 5.57. The zero-order chi connectivity index (χ0) is 20.6. The summed E-state index contributed by atoms with van der Waals surface area (Å²) in [4.78, 5) is 18.2. The maximum atomic E-state index is 5.57. The highest BCUT2D eigenvalue weighted by atomic mass is 32.1. The molecule has 4 heterocycles. The lowest BCUT2D eigenvalue weighted by molar-refractivity contribution is 0.0186. The topological polar surface area (TPSA) is 56.2 Å². The number of ether oxygens (including phenoxy) is 1. The van der Waals surface area contributed by atoms with Crippen LogP contribution >= 0.6 is 11.3 Å². The molecule has 2 aliphatic rings. The molecule has 30 heavy (non-hydrogen) atoms. The molecule has 2 fully saturated rings. The van der Waals surface area contributed by atoms with E-state index in [-0.39, 0.29) is 0 Å². The maximum Gasteiger partial charge on any atom is 0.194 e. The highest BCUT2D eigenvalue weighted by Crippen LogP contribution is 2.26. The van der Waals surface area contributed by atoms with Gasteiger partial charge in [0.2, 0.25) is 0 Å². The van der Waals surface area contributed by atoms with Crippen LogP contribution in [0.1, 0.15) is 17.8 Å². The summed E-state index contributed by atoms with van der Waals surface area (Å²) >= 11 is 1.82. The summed E-state index contributed by atoms with van der Waals surface area (Å²) in [6.07, 6.45) is 1.86. The largest absolute Gasteiger partial charge is 0.379 e. The van der Waals surface area contributed by atoms with Crippen molar-refractivity contribution >= 4 is 23.1 Å². The highest BCUT2D eigenvalue weighted by molar-refractivity contribution is 7.10. The molecular weight excluding hydrogens is 396 g/mol. The van der Waals surface area contributed by atoms with Gasteiger partial charge in [0, 0.05) is 56.9 Å². The first-order valence-corrected chi connectivity index (χ1v) is 11.8. The molecule has 2 aromatic rings. The number of thiophene rings is 1. The Labute approximate surface area is 183 Å². The van der Waals surface area contributed by atoms with Gasteiger partial charge in [0.15, 0.2) is 5.96 Å². The fourth-order valence-corrected chi connectivity index (χ4v) is 4.89. The predicted octanol–water partition coefficient (Wildman–Crippen LogP) is 2.30. The summed E-state index contributed by atoms with van der Waals surface area (Å²) in [5.74, 6) is 2.08. The van der Waals surface area contributed by atoms with Gasteiger partial charge in [-0.15, -0.1) is 11.3 Å².